The Labute approximate surface area is 75.3 Å². The van der Waals surface area contributed by atoms with E-state index in [4.69, 9.17) is 9.47 Å². The summed E-state index contributed by atoms with van der Waals surface area (Å²) in [6.45, 7) is 6.67. The van der Waals surface area contributed by atoms with Gasteiger partial charge >= 0.3 is 0 Å². The van der Waals surface area contributed by atoms with Gasteiger partial charge in [-0.15, -0.1) is 0 Å². The molecule has 0 aromatic rings. The lowest BCUT2D eigenvalue weighted by molar-refractivity contribution is -0.0994. The average molecular weight is 170 g/mol. The lowest BCUT2D eigenvalue weighted by atomic mass is 10.3. The van der Waals surface area contributed by atoms with Crippen molar-refractivity contribution >= 4 is 0 Å². The highest BCUT2D eigenvalue weighted by atomic mass is 16.7. The van der Waals surface area contributed by atoms with E-state index >= 15 is 0 Å². The van der Waals surface area contributed by atoms with E-state index in [1.165, 1.54) is 0 Å². The fourth-order valence-electron chi connectivity index (χ4n) is 0.719. The van der Waals surface area contributed by atoms with Gasteiger partial charge in [-0.3, -0.25) is 0 Å². The third kappa shape index (κ3) is 6.06. The summed E-state index contributed by atoms with van der Waals surface area (Å²) in [5.41, 5.74) is 0. The zero-order valence-corrected chi connectivity index (χ0v) is 8.22. The monoisotopic (exact) mass is 170 g/mol. The first kappa shape index (κ1) is 11.3. The SMILES string of the molecule is CC#COC(CC)OCCCC. The first-order chi connectivity index (χ1) is 5.85. The molecule has 0 heterocycles. The van der Waals surface area contributed by atoms with Gasteiger partial charge in [0.05, 0.1) is 6.61 Å². The van der Waals surface area contributed by atoms with Crippen LogP contribution < -0.4 is 0 Å². The summed E-state index contributed by atoms with van der Waals surface area (Å²) >= 11 is 0. The predicted molar refractivity (Wildman–Crippen MR) is 49.5 cm³/mol. The van der Waals surface area contributed by atoms with Gasteiger partial charge in [-0.2, -0.15) is 0 Å². The normalized spacial score (nSPS) is 11.6. The van der Waals surface area contributed by atoms with Crippen molar-refractivity contribution < 1.29 is 9.47 Å². The smallest absolute Gasteiger partial charge is 0.209 e. The highest BCUT2D eigenvalue weighted by Crippen LogP contribution is 2.00. The van der Waals surface area contributed by atoms with Crippen molar-refractivity contribution in [2.45, 2.75) is 46.3 Å². The van der Waals surface area contributed by atoms with Gasteiger partial charge < -0.3 is 9.47 Å². The molecule has 0 aliphatic heterocycles. The van der Waals surface area contributed by atoms with E-state index in [2.05, 4.69) is 19.0 Å². The quantitative estimate of drug-likeness (QED) is 0.346. The molecule has 0 aliphatic rings. The van der Waals surface area contributed by atoms with Crippen LogP contribution in [0.15, 0.2) is 0 Å². The maximum Gasteiger partial charge on any atom is 0.209 e. The zero-order valence-electron chi connectivity index (χ0n) is 8.22. The topological polar surface area (TPSA) is 18.5 Å². The van der Waals surface area contributed by atoms with Gasteiger partial charge in [-0.25, -0.2) is 0 Å². The molecule has 0 amide bonds. The minimum atomic E-state index is -0.149. The zero-order chi connectivity index (χ0) is 9.23. The minimum absolute atomic E-state index is 0.149. The van der Waals surface area contributed by atoms with Crippen molar-refractivity contribution in [2.75, 3.05) is 6.61 Å². The van der Waals surface area contributed by atoms with Gasteiger partial charge in [0, 0.05) is 13.3 Å². The number of hydrogen-bond acceptors (Lipinski definition) is 2. The third-order valence-corrected chi connectivity index (χ3v) is 1.43. The molecule has 0 spiro atoms. The number of hydrogen-bond donors (Lipinski definition) is 0. The predicted octanol–water partition coefficient (Wildman–Crippen LogP) is 2.54. The van der Waals surface area contributed by atoms with Crippen LogP contribution in [0, 0.1) is 12.0 Å². The fourth-order valence-corrected chi connectivity index (χ4v) is 0.719. The lowest BCUT2D eigenvalue weighted by Gasteiger charge is -2.12. The van der Waals surface area contributed by atoms with Crippen molar-refractivity contribution in [3.63, 3.8) is 0 Å². The molecule has 0 aliphatic carbocycles. The van der Waals surface area contributed by atoms with Gasteiger partial charge in [0.25, 0.3) is 0 Å². The Kier molecular flexibility index (Phi) is 7.94. The van der Waals surface area contributed by atoms with Crippen LogP contribution in [0.25, 0.3) is 0 Å². The van der Waals surface area contributed by atoms with Crippen molar-refractivity contribution in [2.24, 2.45) is 0 Å². The lowest BCUT2D eigenvalue weighted by Crippen LogP contribution is -2.14. The Morgan fingerprint density at radius 1 is 1.33 bits per heavy atom. The number of unbranched alkanes of at least 4 members (excludes halogenated alkanes) is 1. The molecule has 0 radical (unpaired) electrons. The molecule has 0 saturated carbocycles. The molecule has 12 heavy (non-hydrogen) atoms. The molecule has 0 N–H and O–H groups in total. The Morgan fingerprint density at radius 2 is 2.08 bits per heavy atom. The van der Waals surface area contributed by atoms with Crippen LogP contribution in [-0.4, -0.2) is 12.9 Å². The van der Waals surface area contributed by atoms with E-state index in [0.29, 0.717) is 0 Å². The van der Waals surface area contributed by atoms with Gasteiger partial charge in [0.15, 0.2) is 0 Å². The van der Waals surface area contributed by atoms with Gasteiger partial charge in [-0.1, -0.05) is 26.2 Å². The summed E-state index contributed by atoms with van der Waals surface area (Å²) in [6.07, 6.45) is 5.48. The van der Waals surface area contributed by atoms with E-state index in [1.54, 1.807) is 6.92 Å². The van der Waals surface area contributed by atoms with Crippen LogP contribution in [0.2, 0.25) is 0 Å². The summed E-state index contributed by atoms with van der Waals surface area (Å²) in [4.78, 5) is 0. The molecular formula is C10H18O2. The second-order valence-electron chi connectivity index (χ2n) is 2.53. The number of rotatable bonds is 6. The average Bonchev–Trinajstić information content (AvgIpc) is 2.11. The molecule has 1 unspecified atom stereocenters. The highest BCUT2D eigenvalue weighted by Gasteiger charge is 2.03. The van der Waals surface area contributed by atoms with Crippen LogP contribution in [0.1, 0.15) is 40.0 Å². The molecule has 0 rings (SSSR count). The van der Waals surface area contributed by atoms with Crippen LogP contribution in [0.3, 0.4) is 0 Å². The van der Waals surface area contributed by atoms with Crippen molar-refractivity contribution in [1.82, 2.24) is 0 Å². The van der Waals surface area contributed by atoms with E-state index in [1.807, 2.05) is 6.92 Å². The van der Waals surface area contributed by atoms with Gasteiger partial charge in [-0.05, 0) is 6.42 Å². The van der Waals surface area contributed by atoms with E-state index in [-0.39, 0.29) is 6.29 Å². The molecule has 0 aromatic carbocycles. The Bertz CT molecular complexity index is 144. The van der Waals surface area contributed by atoms with Gasteiger partial charge in [0.2, 0.25) is 6.29 Å². The van der Waals surface area contributed by atoms with Crippen LogP contribution in [-0.2, 0) is 9.47 Å². The summed E-state index contributed by atoms with van der Waals surface area (Å²) in [6, 6.07) is 0. The maximum atomic E-state index is 5.41. The molecule has 2 nitrogen and oxygen atoms in total. The molecular weight excluding hydrogens is 152 g/mol. The second-order valence-corrected chi connectivity index (χ2v) is 2.53. The largest absolute Gasteiger partial charge is 0.414 e. The molecule has 1 atom stereocenters. The Hall–Kier alpha value is -0.680. The van der Waals surface area contributed by atoms with Crippen LogP contribution >= 0.6 is 0 Å². The van der Waals surface area contributed by atoms with E-state index in [0.717, 1.165) is 25.9 Å². The molecule has 0 aromatic heterocycles. The van der Waals surface area contributed by atoms with Gasteiger partial charge in [0.1, 0.15) is 6.11 Å². The summed E-state index contributed by atoms with van der Waals surface area (Å²) in [7, 11) is 0. The third-order valence-electron chi connectivity index (χ3n) is 1.43. The first-order valence-electron chi connectivity index (χ1n) is 4.54. The van der Waals surface area contributed by atoms with Crippen molar-refractivity contribution in [3.8, 4) is 12.0 Å². The Balaban J connectivity index is 3.43. The van der Waals surface area contributed by atoms with Crippen molar-refractivity contribution in [3.05, 3.63) is 0 Å². The summed E-state index contributed by atoms with van der Waals surface area (Å²) < 4.78 is 10.5. The maximum absolute atomic E-state index is 5.41. The minimum Gasteiger partial charge on any atom is -0.414 e. The molecule has 70 valence electrons. The fraction of sp³-hybridized carbons (Fsp3) is 0.800. The van der Waals surface area contributed by atoms with Crippen LogP contribution in [0.4, 0.5) is 0 Å². The molecule has 0 fully saturated rings. The standard InChI is InChI=1S/C10H18O2/c1-4-7-9-12-10(6-3)11-8-5-2/h10H,4,6-7,9H2,1-3H3. The Morgan fingerprint density at radius 3 is 2.58 bits per heavy atom. The second kappa shape index (κ2) is 8.42. The summed E-state index contributed by atoms with van der Waals surface area (Å²) in [5.74, 6) is 2.67. The number of ether oxygens (including phenoxy) is 2. The van der Waals surface area contributed by atoms with E-state index < -0.39 is 0 Å². The first-order valence-corrected chi connectivity index (χ1v) is 4.54. The van der Waals surface area contributed by atoms with Crippen LogP contribution in [0.5, 0.6) is 0 Å². The van der Waals surface area contributed by atoms with Crippen molar-refractivity contribution in [1.29, 1.82) is 0 Å². The molecule has 0 saturated heterocycles. The van der Waals surface area contributed by atoms with E-state index in [9.17, 15) is 0 Å². The summed E-state index contributed by atoms with van der Waals surface area (Å²) in [5, 5.41) is 0. The highest BCUT2D eigenvalue weighted by molar-refractivity contribution is 4.85. The molecule has 2 heteroatoms. The molecule has 0 bridgehead atoms.